The molecule has 0 radical (unpaired) electrons. The molecule has 2 aliphatic heterocycles. The molecule has 1 amide bonds. The number of rotatable bonds is 3. The largest absolute Gasteiger partial charge is 0.487 e. The number of oxazole rings is 1. The number of amides is 1. The zero-order valence-electron chi connectivity index (χ0n) is 17.9. The maximum Gasteiger partial charge on any atom is 0.274 e. The van der Waals surface area contributed by atoms with E-state index in [1.54, 1.807) is 6.92 Å². The van der Waals surface area contributed by atoms with E-state index < -0.39 is 0 Å². The van der Waals surface area contributed by atoms with E-state index in [1.165, 1.54) is 0 Å². The number of nitrogens with one attached hydrogen (secondary N) is 1. The van der Waals surface area contributed by atoms with Crippen molar-refractivity contribution in [2.24, 2.45) is 0 Å². The Morgan fingerprint density at radius 3 is 2.58 bits per heavy atom. The van der Waals surface area contributed by atoms with Crippen LogP contribution in [0.1, 0.15) is 47.2 Å². The Kier molecular flexibility index (Phi) is 5.02. The van der Waals surface area contributed by atoms with Gasteiger partial charge in [0.05, 0.1) is 6.04 Å². The van der Waals surface area contributed by atoms with Gasteiger partial charge in [-0.2, -0.15) is 0 Å². The van der Waals surface area contributed by atoms with E-state index in [2.05, 4.69) is 22.2 Å². The van der Waals surface area contributed by atoms with Crippen molar-refractivity contribution in [2.45, 2.75) is 37.8 Å². The molecule has 0 aliphatic carbocycles. The number of para-hydroxylation sites is 1. The Labute approximate surface area is 182 Å². The van der Waals surface area contributed by atoms with Crippen molar-refractivity contribution in [3.63, 3.8) is 0 Å². The van der Waals surface area contributed by atoms with E-state index in [9.17, 15) is 4.79 Å². The van der Waals surface area contributed by atoms with Crippen LogP contribution in [-0.2, 0) is 0 Å². The molecule has 1 aromatic heterocycles. The van der Waals surface area contributed by atoms with E-state index in [1.807, 2.05) is 54.6 Å². The van der Waals surface area contributed by atoms with Crippen LogP contribution in [0.5, 0.6) is 5.75 Å². The summed E-state index contributed by atoms with van der Waals surface area (Å²) in [6, 6.07) is 17.5. The molecule has 1 unspecified atom stereocenters. The second kappa shape index (κ2) is 7.85. The van der Waals surface area contributed by atoms with E-state index in [0.717, 1.165) is 49.2 Å². The molecule has 160 valence electrons. The first-order valence-electron chi connectivity index (χ1n) is 10.8. The average molecular weight is 418 g/mol. The summed E-state index contributed by atoms with van der Waals surface area (Å²) < 4.78 is 12.3. The van der Waals surface area contributed by atoms with Gasteiger partial charge < -0.3 is 19.4 Å². The SMILES string of the molecule is Cc1nc(C(=O)NC2CC3(CCN(C)CC3)Oc3ccccc32)c(-c2ccccc2)o1. The number of likely N-dealkylation sites (tertiary alicyclic amines) is 1. The number of ether oxygens (including phenoxy) is 1. The Hall–Kier alpha value is -3.12. The van der Waals surface area contributed by atoms with Crippen molar-refractivity contribution in [3.8, 4) is 17.1 Å². The Bertz CT molecular complexity index is 1080. The minimum Gasteiger partial charge on any atom is -0.487 e. The highest BCUT2D eigenvalue weighted by molar-refractivity contribution is 5.98. The molecule has 1 spiro atoms. The maximum absolute atomic E-state index is 13.4. The number of hydrogen-bond donors (Lipinski definition) is 1. The monoisotopic (exact) mass is 417 g/mol. The number of aromatic nitrogens is 1. The highest BCUT2D eigenvalue weighted by Crippen LogP contribution is 2.44. The van der Waals surface area contributed by atoms with Gasteiger partial charge in [-0.15, -0.1) is 0 Å². The second-order valence-electron chi connectivity index (χ2n) is 8.63. The van der Waals surface area contributed by atoms with Crippen LogP contribution in [0, 0.1) is 6.92 Å². The number of benzene rings is 2. The fourth-order valence-corrected chi connectivity index (χ4v) is 4.67. The smallest absolute Gasteiger partial charge is 0.274 e. The standard InChI is InChI=1S/C25H27N3O3/c1-17-26-22(23(30-17)18-8-4-3-5-9-18)24(29)27-20-16-25(12-14-28(2)15-13-25)31-21-11-7-6-10-19(20)21/h3-11,20H,12-16H2,1-2H3,(H,27,29). The van der Waals surface area contributed by atoms with Crippen molar-refractivity contribution < 1.29 is 13.9 Å². The van der Waals surface area contributed by atoms with Crippen LogP contribution >= 0.6 is 0 Å². The number of aryl methyl sites for hydroxylation is 1. The summed E-state index contributed by atoms with van der Waals surface area (Å²) in [6.45, 7) is 3.74. The third-order valence-corrected chi connectivity index (χ3v) is 6.39. The molecule has 0 saturated carbocycles. The summed E-state index contributed by atoms with van der Waals surface area (Å²) in [5, 5.41) is 3.24. The van der Waals surface area contributed by atoms with Gasteiger partial charge in [0.15, 0.2) is 17.3 Å². The number of carbonyl (C=O) groups excluding carboxylic acids is 1. The Morgan fingerprint density at radius 1 is 1.10 bits per heavy atom. The summed E-state index contributed by atoms with van der Waals surface area (Å²) in [5.74, 6) is 1.62. The van der Waals surface area contributed by atoms with Gasteiger partial charge in [-0.25, -0.2) is 4.98 Å². The Balaban J connectivity index is 1.45. The molecular formula is C25H27N3O3. The zero-order chi connectivity index (χ0) is 21.4. The van der Waals surface area contributed by atoms with Crippen molar-refractivity contribution >= 4 is 5.91 Å². The topological polar surface area (TPSA) is 67.6 Å². The quantitative estimate of drug-likeness (QED) is 0.686. The number of nitrogens with zero attached hydrogens (tertiary/aromatic N) is 2. The van der Waals surface area contributed by atoms with Gasteiger partial charge in [0.25, 0.3) is 5.91 Å². The summed E-state index contributed by atoms with van der Waals surface area (Å²) >= 11 is 0. The van der Waals surface area contributed by atoms with E-state index in [0.29, 0.717) is 17.3 Å². The molecule has 1 saturated heterocycles. The summed E-state index contributed by atoms with van der Waals surface area (Å²) in [4.78, 5) is 20.1. The molecule has 6 nitrogen and oxygen atoms in total. The van der Waals surface area contributed by atoms with E-state index >= 15 is 0 Å². The van der Waals surface area contributed by atoms with Crippen LogP contribution in [0.25, 0.3) is 11.3 Å². The van der Waals surface area contributed by atoms with E-state index in [-0.39, 0.29) is 17.6 Å². The molecule has 1 fully saturated rings. The summed E-state index contributed by atoms with van der Waals surface area (Å²) in [7, 11) is 2.14. The molecule has 3 aromatic rings. The van der Waals surface area contributed by atoms with Gasteiger partial charge in [-0.05, 0) is 26.0 Å². The molecule has 5 rings (SSSR count). The molecule has 1 N–H and O–H groups in total. The summed E-state index contributed by atoms with van der Waals surface area (Å²) in [5.41, 5.74) is 1.93. The molecule has 3 heterocycles. The van der Waals surface area contributed by atoms with Crippen molar-refractivity contribution in [1.82, 2.24) is 15.2 Å². The fraction of sp³-hybridized carbons (Fsp3) is 0.360. The molecular weight excluding hydrogens is 390 g/mol. The van der Waals surface area contributed by atoms with Gasteiger partial charge in [0, 0.05) is 37.6 Å². The van der Waals surface area contributed by atoms with Crippen molar-refractivity contribution in [3.05, 3.63) is 71.7 Å². The second-order valence-corrected chi connectivity index (χ2v) is 8.63. The van der Waals surface area contributed by atoms with Gasteiger partial charge >= 0.3 is 0 Å². The molecule has 1 atom stereocenters. The highest BCUT2D eigenvalue weighted by atomic mass is 16.5. The van der Waals surface area contributed by atoms with Crippen LogP contribution in [0.4, 0.5) is 0 Å². The zero-order valence-corrected chi connectivity index (χ0v) is 17.9. The van der Waals surface area contributed by atoms with Gasteiger partial charge in [0.2, 0.25) is 0 Å². The minimum atomic E-state index is -0.249. The lowest BCUT2D eigenvalue weighted by atomic mass is 9.80. The van der Waals surface area contributed by atoms with E-state index in [4.69, 9.17) is 9.15 Å². The average Bonchev–Trinajstić information content (AvgIpc) is 3.18. The first-order valence-corrected chi connectivity index (χ1v) is 10.8. The highest BCUT2D eigenvalue weighted by Gasteiger charge is 2.43. The minimum absolute atomic E-state index is 0.138. The molecule has 31 heavy (non-hydrogen) atoms. The van der Waals surface area contributed by atoms with Crippen molar-refractivity contribution in [1.29, 1.82) is 0 Å². The number of piperidine rings is 1. The van der Waals surface area contributed by atoms with Gasteiger partial charge in [-0.1, -0.05) is 48.5 Å². The van der Waals surface area contributed by atoms with Crippen molar-refractivity contribution in [2.75, 3.05) is 20.1 Å². The fourth-order valence-electron chi connectivity index (χ4n) is 4.67. The molecule has 0 bridgehead atoms. The van der Waals surface area contributed by atoms with Crippen LogP contribution in [-0.4, -0.2) is 41.5 Å². The number of hydrogen-bond acceptors (Lipinski definition) is 5. The predicted octanol–water partition coefficient (Wildman–Crippen LogP) is 4.37. The molecule has 6 heteroatoms. The molecule has 2 aliphatic rings. The maximum atomic E-state index is 13.4. The number of fused-ring (bicyclic) bond motifs is 1. The molecule has 2 aromatic carbocycles. The first-order chi connectivity index (χ1) is 15.0. The lowest BCUT2D eigenvalue weighted by Gasteiger charge is -2.46. The number of carbonyl (C=O) groups is 1. The van der Waals surface area contributed by atoms with Crippen LogP contribution in [0.3, 0.4) is 0 Å². The Morgan fingerprint density at radius 2 is 1.81 bits per heavy atom. The van der Waals surface area contributed by atoms with Gasteiger partial charge in [0.1, 0.15) is 11.4 Å². The summed E-state index contributed by atoms with van der Waals surface area (Å²) in [6.07, 6.45) is 2.65. The predicted molar refractivity (Wildman–Crippen MR) is 118 cm³/mol. The van der Waals surface area contributed by atoms with Crippen LogP contribution in [0.2, 0.25) is 0 Å². The third kappa shape index (κ3) is 3.83. The lowest BCUT2D eigenvalue weighted by Crippen LogP contribution is -2.51. The van der Waals surface area contributed by atoms with Crippen LogP contribution < -0.4 is 10.1 Å². The third-order valence-electron chi connectivity index (χ3n) is 6.39. The normalized spacial score (nSPS) is 20.1. The lowest BCUT2D eigenvalue weighted by molar-refractivity contribution is -0.0196. The first kappa shape index (κ1) is 19.8. The van der Waals surface area contributed by atoms with Crippen LogP contribution in [0.15, 0.2) is 59.0 Å². The van der Waals surface area contributed by atoms with Gasteiger partial charge in [-0.3, -0.25) is 4.79 Å².